The summed E-state index contributed by atoms with van der Waals surface area (Å²) in [7, 11) is 1.82. The zero-order valence-corrected chi connectivity index (χ0v) is 10.7. The van der Waals surface area contributed by atoms with Gasteiger partial charge in [-0.05, 0) is 37.5 Å². The second-order valence-corrected chi connectivity index (χ2v) is 4.32. The Labute approximate surface area is 102 Å². The average Bonchev–Trinajstić information content (AvgIpc) is 2.28. The lowest BCUT2D eigenvalue weighted by Gasteiger charge is -2.11. The quantitative estimate of drug-likeness (QED) is 0.856. The van der Waals surface area contributed by atoms with E-state index in [9.17, 15) is 0 Å². The summed E-state index contributed by atoms with van der Waals surface area (Å²) in [4.78, 5) is 8.51. The van der Waals surface area contributed by atoms with Gasteiger partial charge in [0.05, 0.1) is 0 Å². The first kappa shape index (κ1) is 11.6. The molecule has 0 bridgehead atoms. The van der Waals surface area contributed by atoms with E-state index in [1.807, 2.05) is 19.4 Å². The summed E-state index contributed by atoms with van der Waals surface area (Å²) in [5.74, 6) is 0.649. The SMILES string of the molecule is CNc1ncc(-c2c(C)cc(C)cc2C)cn1. The number of benzene rings is 1. The lowest BCUT2D eigenvalue weighted by Crippen LogP contribution is -1.97. The van der Waals surface area contributed by atoms with Gasteiger partial charge in [-0.1, -0.05) is 17.7 Å². The number of aromatic nitrogens is 2. The molecule has 0 aliphatic heterocycles. The van der Waals surface area contributed by atoms with Crippen LogP contribution >= 0.6 is 0 Å². The highest BCUT2D eigenvalue weighted by atomic mass is 15.1. The molecule has 0 saturated carbocycles. The molecule has 0 spiro atoms. The first-order chi connectivity index (χ1) is 8.11. The number of aryl methyl sites for hydroxylation is 3. The van der Waals surface area contributed by atoms with Gasteiger partial charge < -0.3 is 5.32 Å². The fourth-order valence-electron chi connectivity index (χ4n) is 2.22. The average molecular weight is 227 g/mol. The monoisotopic (exact) mass is 227 g/mol. The predicted octanol–water partition coefficient (Wildman–Crippen LogP) is 3.11. The van der Waals surface area contributed by atoms with Gasteiger partial charge in [0.15, 0.2) is 0 Å². The highest BCUT2D eigenvalue weighted by Crippen LogP contribution is 2.27. The van der Waals surface area contributed by atoms with Crippen LogP contribution < -0.4 is 5.32 Å². The van der Waals surface area contributed by atoms with Crippen molar-refractivity contribution in [3.05, 3.63) is 41.2 Å². The molecule has 0 radical (unpaired) electrons. The normalized spacial score (nSPS) is 10.4. The Bertz CT molecular complexity index is 507. The third kappa shape index (κ3) is 2.28. The van der Waals surface area contributed by atoms with Gasteiger partial charge in [0.2, 0.25) is 5.95 Å². The van der Waals surface area contributed by atoms with Crippen LogP contribution in [0.15, 0.2) is 24.5 Å². The number of nitrogens with zero attached hydrogens (tertiary/aromatic N) is 2. The minimum atomic E-state index is 0.649. The first-order valence-electron chi connectivity index (χ1n) is 5.70. The van der Waals surface area contributed by atoms with Crippen LogP contribution in [0.2, 0.25) is 0 Å². The molecule has 0 unspecified atom stereocenters. The van der Waals surface area contributed by atoms with Crippen LogP contribution in [0, 0.1) is 20.8 Å². The summed E-state index contributed by atoms with van der Waals surface area (Å²) in [5, 5.41) is 2.92. The van der Waals surface area contributed by atoms with Crippen molar-refractivity contribution in [1.82, 2.24) is 9.97 Å². The Kier molecular flexibility index (Phi) is 3.09. The lowest BCUT2D eigenvalue weighted by atomic mass is 9.96. The van der Waals surface area contributed by atoms with Gasteiger partial charge in [0, 0.05) is 25.0 Å². The Morgan fingerprint density at radius 2 is 1.47 bits per heavy atom. The van der Waals surface area contributed by atoms with Gasteiger partial charge in [0.1, 0.15) is 0 Å². The van der Waals surface area contributed by atoms with Gasteiger partial charge in [0.25, 0.3) is 0 Å². The minimum absolute atomic E-state index is 0.649. The second-order valence-electron chi connectivity index (χ2n) is 4.32. The van der Waals surface area contributed by atoms with Gasteiger partial charge >= 0.3 is 0 Å². The zero-order valence-electron chi connectivity index (χ0n) is 10.7. The second kappa shape index (κ2) is 4.53. The molecule has 17 heavy (non-hydrogen) atoms. The lowest BCUT2D eigenvalue weighted by molar-refractivity contribution is 1.15. The van der Waals surface area contributed by atoms with Crippen LogP contribution in [0.1, 0.15) is 16.7 Å². The molecule has 2 aromatic rings. The zero-order chi connectivity index (χ0) is 12.4. The minimum Gasteiger partial charge on any atom is -0.357 e. The van der Waals surface area contributed by atoms with Gasteiger partial charge in [-0.15, -0.1) is 0 Å². The molecule has 0 atom stereocenters. The largest absolute Gasteiger partial charge is 0.357 e. The summed E-state index contributed by atoms with van der Waals surface area (Å²) >= 11 is 0. The van der Waals surface area contributed by atoms with Crippen LogP contribution in [0.3, 0.4) is 0 Å². The molecular weight excluding hydrogens is 210 g/mol. The molecule has 1 N–H and O–H groups in total. The Hall–Kier alpha value is -1.90. The summed E-state index contributed by atoms with van der Waals surface area (Å²) in [6.07, 6.45) is 3.73. The first-order valence-corrected chi connectivity index (χ1v) is 5.70. The fraction of sp³-hybridized carbons (Fsp3) is 0.286. The van der Waals surface area contributed by atoms with Crippen LogP contribution in [0.25, 0.3) is 11.1 Å². The maximum Gasteiger partial charge on any atom is 0.222 e. The van der Waals surface area contributed by atoms with Crippen LogP contribution in [0.4, 0.5) is 5.95 Å². The standard InChI is InChI=1S/C14H17N3/c1-9-5-10(2)13(11(3)6-9)12-7-16-14(15-4)17-8-12/h5-8H,1-4H3,(H,15,16,17). The molecule has 3 nitrogen and oxygen atoms in total. The van der Waals surface area contributed by atoms with E-state index in [2.05, 4.69) is 48.2 Å². The van der Waals surface area contributed by atoms with Crippen molar-refractivity contribution >= 4 is 5.95 Å². The third-order valence-corrected chi connectivity index (χ3v) is 2.84. The van der Waals surface area contributed by atoms with E-state index in [-0.39, 0.29) is 0 Å². The Balaban J connectivity index is 2.52. The smallest absolute Gasteiger partial charge is 0.222 e. The summed E-state index contributed by atoms with van der Waals surface area (Å²) in [6.45, 7) is 6.37. The summed E-state index contributed by atoms with van der Waals surface area (Å²) in [6, 6.07) is 4.38. The number of hydrogen-bond acceptors (Lipinski definition) is 3. The van der Waals surface area contributed by atoms with Crippen molar-refractivity contribution in [2.45, 2.75) is 20.8 Å². The molecule has 88 valence electrons. The van der Waals surface area contributed by atoms with E-state index in [1.54, 1.807) is 0 Å². The number of anilines is 1. The van der Waals surface area contributed by atoms with Gasteiger partial charge in [-0.3, -0.25) is 0 Å². The summed E-state index contributed by atoms with van der Waals surface area (Å²) in [5.41, 5.74) is 6.13. The predicted molar refractivity (Wildman–Crippen MR) is 71.2 cm³/mol. The fourth-order valence-corrected chi connectivity index (χ4v) is 2.22. The molecule has 1 aromatic carbocycles. The maximum absolute atomic E-state index is 4.26. The highest BCUT2D eigenvalue weighted by Gasteiger charge is 2.07. The Morgan fingerprint density at radius 1 is 0.941 bits per heavy atom. The molecule has 1 aromatic heterocycles. The van der Waals surface area contributed by atoms with E-state index in [0.717, 1.165) is 5.56 Å². The number of hydrogen-bond donors (Lipinski definition) is 1. The van der Waals surface area contributed by atoms with Gasteiger partial charge in [-0.25, -0.2) is 9.97 Å². The molecule has 1 heterocycles. The molecule has 0 fully saturated rings. The van der Waals surface area contributed by atoms with E-state index in [0.29, 0.717) is 5.95 Å². The maximum atomic E-state index is 4.26. The van der Waals surface area contributed by atoms with E-state index < -0.39 is 0 Å². The highest BCUT2D eigenvalue weighted by molar-refractivity contribution is 5.70. The van der Waals surface area contributed by atoms with Crippen LogP contribution in [0.5, 0.6) is 0 Å². The number of rotatable bonds is 2. The van der Waals surface area contributed by atoms with E-state index >= 15 is 0 Å². The van der Waals surface area contributed by atoms with Crippen molar-refractivity contribution < 1.29 is 0 Å². The molecule has 3 heteroatoms. The Morgan fingerprint density at radius 3 is 1.94 bits per heavy atom. The third-order valence-electron chi connectivity index (χ3n) is 2.84. The summed E-state index contributed by atoms with van der Waals surface area (Å²) < 4.78 is 0. The van der Waals surface area contributed by atoms with Crippen molar-refractivity contribution in [2.24, 2.45) is 0 Å². The molecular formula is C14H17N3. The number of nitrogens with one attached hydrogen (secondary N) is 1. The molecule has 0 aliphatic rings. The van der Waals surface area contributed by atoms with E-state index in [4.69, 9.17) is 0 Å². The van der Waals surface area contributed by atoms with Crippen molar-refractivity contribution in [2.75, 3.05) is 12.4 Å². The molecule has 0 amide bonds. The van der Waals surface area contributed by atoms with Crippen LogP contribution in [-0.4, -0.2) is 17.0 Å². The topological polar surface area (TPSA) is 37.8 Å². The van der Waals surface area contributed by atoms with E-state index in [1.165, 1.54) is 22.3 Å². The van der Waals surface area contributed by atoms with Crippen molar-refractivity contribution in [3.8, 4) is 11.1 Å². The molecule has 0 aliphatic carbocycles. The van der Waals surface area contributed by atoms with Crippen LogP contribution in [-0.2, 0) is 0 Å². The van der Waals surface area contributed by atoms with Crippen molar-refractivity contribution in [3.63, 3.8) is 0 Å². The molecule has 0 saturated heterocycles. The van der Waals surface area contributed by atoms with Crippen molar-refractivity contribution in [1.29, 1.82) is 0 Å². The molecule has 2 rings (SSSR count). The van der Waals surface area contributed by atoms with Gasteiger partial charge in [-0.2, -0.15) is 0 Å².